The minimum Gasteiger partial charge on any atom is -0.307 e. The number of benzene rings is 2. The second-order valence-corrected chi connectivity index (χ2v) is 6.10. The van der Waals surface area contributed by atoms with Gasteiger partial charge in [0.25, 0.3) is 5.91 Å². The Kier molecular flexibility index (Phi) is 5.03. The van der Waals surface area contributed by atoms with E-state index in [0.717, 1.165) is 5.56 Å². The molecule has 0 aliphatic heterocycles. The molecule has 0 spiro atoms. The lowest BCUT2D eigenvalue weighted by molar-refractivity contribution is 0.102. The molecule has 0 aliphatic rings. The van der Waals surface area contributed by atoms with Crippen molar-refractivity contribution in [3.05, 3.63) is 81.5 Å². The molecule has 2 aromatic carbocycles. The first kappa shape index (κ1) is 17.0. The van der Waals surface area contributed by atoms with E-state index in [4.69, 9.17) is 28.5 Å². The Hall–Kier alpha value is -2.81. The fraction of sp³-hybridized carbons (Fsp3) is 0.0556. The predicted octanol–water partition coefficient (Wildman–Crippen LogP) is 4.36. The van der Waals surface area contributed by atoms with Crippen molar-refractivity contribution in [2.45, 2.75) is 6.54 Å². The average Bonchev–Trinajstić information content (AvgIpc) is 3.04. The maximum absolute atomic E-state index is 12.3. The van der Waals surface area contributed by atoms with Crippen molar-refractivity contribution in [3.63, 3.8) is 0 Å². The number of aromatic nitrogens is 2. The summed E-state index contributed by atoms with van der Waals surface area (Å²) in [4.78, 5) is 12.3. The number of nitrogens with one attached hydrogen (secondary N) is 1. The third-order valence-electron chi connectivity index (χ3n) is 3.57. The molecular weight excluding hydrogens is 359 g/mol. The van der Waals surface area contributed by atoms with Gasteiger partial charge in [-0.2, -0.15) is 10.4 Å². The summed E-state index contributed by atoms with van der Waals surface area (Å²) in [5, 5.41) is 16.9. The molecule has 7 heteroatoms. The predicted molar refractivity (Wildman–Crippen MR) is 96.9 cm³/mol. The molecule has 0 fully saturated rings. The lowest BCUT2D eigenvalue weighted by Gasteiger charge is -2.10. The molecular formula is C18H12Cl2N4O. The molecule has 0 saturated carbocycles. The van der Waals surface area contributed by atoms with E-state index >= 15 is 0 Å². The normalized spacial score (nSPS) is 10.3. The lowest BCUT2D eigenvalue weighted by atomic mass is 10.1. The van der Waals surface area contributed by atoms with Crippen molar-refractivity contribution in [2.75, 3.05) is 5.32 Å². The van der Waals surface area contributed by atoms with Gasteiger partial charge in [-0.15, -0.1) is 0 Å². The van der Waals surface area contributed by atoms with Crippen LogP contribution >= 0.6 is 23.2 Å². The molecule has 25 heavy (non-hydrogen) atoms. The van der Waals surface area contributed by atoms with E-state index in [0.29, 0.717) is 33.5 Å². The Bertz CT molecular complexity index is 958. The van der Waals surface area contributed by atoms with Gasteiger partial charge in [-0.1, -0.05) is 29.3 Å². The molecule has 3 aromatic rings. The maximum atomic E-state index is 12.3. The highest BCUT2D eigenvalue weighted by atomic mass is 35.5. The number of amides is 1. The van der Waals surface area contributed by atoms with E-state index in [2.05, 4.69) is 10.4 Å². The summed E-state index contributed by atoms with van der Waals surface area (Å²) in [5.74, 6) is 0.258. The van der Waals surface area contributed by atoms with Gasteiger partial charge in [0, 0.05) is 21.7 Å². The van der Waals surface area contributed by atoms with Gasteiger partial charge in [0.2, 0.25) is 0 Å². The first-order valence-corrected chi connectivity index (χ1v) is 8.09. The van der Waals surface area contributed by atoms with Crippen LogP contribution in [0.2, 0.25) is 10.0 Å². The number of carbonyl (C=O) groups is 1. The quantitative estimate of drug-likeness (QED) is 0.741. The Labute approximate surface area is 154 Å². The highest BCUT2D eigenvalue weighted by molar-refractivity contribution is 6.35. The van der Waals surface area contributed by atoms with Crippen LogP contribution in [0.3, 0.4) is 0 Å². The Balaban J connectivity index is 1.77. The summed E-state index contributed by atoms with van der Waals surface area (Å²) in [7, 11) is 0. The number of hydrogen-bond acceptors (Lipinski definition) is 3. The van der Waals surface area contributed by atoms with Crippen LogP contribution in [0.4, 0.5) is 5.82 Å². The number of anilines is 1. The molecule has 1 aromatic heterocycles. The van der Waals surface area contributed by atoms with Crippen LogP contribution in [0.15, 0.2) is 54.7 Å². The summed E-state index contributed by atoms with van der Waals surface area (Å²) in [5.41, 5.74) is 1.79. The number of halogens is 2. The van der Waals surface area contributed by atoms with Crippen LogP contribution in [0.5, 0.6) is 0 Å². The Morgan fingerprint density at radius 2 is 1.92 bits per heavy atom. The fourth-order valence-electron chi connectivity index (χ4n) is 2.26. The number of nitrogens with zero attached hydrogens (tertiary/aromatic N) is 3. The molecule has 3 rings (SSSR count). The standard InChI is InChI=1S/C18H12Cl2N4O/c19-15-6-5-14(16(20)9-15)11-24-17(7-8-22-24)23-18(25)13-3-1-12(10-21)2-4-13/h1-9H,11H2,(H,23,25). The zero-order valence-corrected chi connectivity index (χ0v) is 14.4. The third-order valence-corrected chi connectivity index (χ3v) is 4.16. The SMILES string of the molecule is N#Cc1ccc(C(=O)Nc2ccnn2Cc2ccc(Cl)cc2Cl)cc1. The molecule has 124 valence electrons. The molecule has 0 unspecified atom stereocenters. The minimum atomic E-state index is -0.284. The maximum Gasteiger partial charge on any atom is 0.256 e. The van der Waals surface area contributed by atoms with Crippen LogP contribution < -0.4 is 5.32 Å². The summed E-state index contributed by atoms with van der Waals surface area (Å²) >= 11 is 12.1. The summed E-state index contributed by atoms with van der Waals surface area (Å²) in [6, 6.07) is 15.3. The number of rotatable bonds is 4. The van der Waals surface area contributed by atoms with Crippen LogP contribution in [0.1, 0.15) is 21.5 Å². The zero-order chi connectivity index (χ0) is 17.8. The molecule has 1 amide bonds. The van der Waals surface area contributed by atoms with Gasteiger partial charge >= 0.3 is 0 Å². The average molecular weight is 371 g/mol. The van der Waals surface area contributed by atoms with Crippen LogP contribution in [-0.4, -0.2) is 15.7 Å². The molecule has 5 nitrogen and oxygen atoms in total. The van der Waals surface area contributed by atoms with E-state index in [1.54, 1.807) is 53.3 Å². The molecule has 1 N–H and O–H groups in total. The van der Waals surface area contributed by atoms with Gasteiger partial charge in [-0.3, -0.25) is 4.79 Å². The molecule has 1 heterocycles. The van der Waals surface area contributed by atoms with E-state index < -0.39 is 0 Å². The number of carbonyl (C=O) groups excluding carboxylic acids is 1. The van der Waals surface area contributed by atoms with Gasteiger partial charge < -0.3 is 5.32 Å². The lowest BCUT2D eigenvalue weighted by Crippen LogP contribution is -2.16. The highest BCUT2D eigenvalue weighted by Gasteiger charge is 2.11. The topological polar surface area (TPSA) is 70.7 Å². The van der Waals surface area contributed by atoms with Crippen molar-refractivity contribution in [3.8, 4) is 6.07 Å². The Morgan fingerprint density at radius 3 is 2.60 bits per heavy atom. The number of hydrogen-bond donors (Lipinski definition) is 1. The first-order chi connectivity index (χ1) is 12.1. The van der Waals surface area contributed by atoms with Crippen LogP contribution in [0.25, 0.3) is 0 Å². The van der Waals surface area contributed by atoms with Crippen LogP contribution in [0, 0.1) is 11.3 Å². The largest absolute Gasteiger partial charge is 0.307 e. The monoisotopic (exact) mass is 370 g/mol. The second-order valence-electron chi connectivity index (χ2n) is 5.25. The Morgan fingerprint density at radius 1 is 1.16 bits per heavy atom. The van der Waals surface area contributed by atoms with Gasteiger partial charge in [0.15, 0.2) is 0 Å². The summed E-state index contributed by atoms with van der Waals surface area (Å²) in [6.07, 6.45) is 1.60. The van der Waals surface area contributed by atoms with Crippen LogP contribution in [-0.2, 0) is 6.54 Å². The van der Waals surface area contributed by atoms with Crippen molar-refractivity contribution in [1.82, 2.24) is 9.78 Å². The zero-order valence-electron chi connectivity index (χ0n) is 12.9. The first-order valence-electron chi connectivity index (χ1n) is 7.34. The highest BCUT2D eigenvalue weighted by Crippen LogP contribution is 2.22. The molecule has 0 radical (unpaired) electrons. The molecule has 0 bridgehead atoms. The third kappa shape index (κ3) is 4.00. The molecule has 0 saturated heterocycles. The van der Waals surface area contributed by atoms with E-state index in [1.165, 1.54) is 0 Å². The summed E-state index contributed by atoms with van der Waals surface area (Å²) in [6.45, 7) is 0.395. The minimum absolute atomic E-state index is 0.284. The van der Waals surface area contributed by atoms with Crippen molar-refractivity contribution in [2.24, 2.45) is 0 Å². The van der Waals surface area contributed by atoms with E-state index in [1.807, 2.05) is 12.1 Å². The van der Waals surface area contributed by atoms with Crippen molar-refractivity contribution < 1.29 is 4.79 Å². The van der Waals surface area contributed by atoms with Gasteiger partial charge in [-0.25, -0.2) is 4.68 Å². The van der Waals surface area contributed by atoms with Gasteiger partial charge in [0.05, 0.1) is 24.4 Å². The van der Waals surface area contributed by atoms with Gasteiger partial charge in [0.1, 0.15) is 5.82 Å². The molecule has 0 atom stereocenters. The number of nitriles is 1. The van der Waals surface area contributed by atoms with Gasteiger partial charge in [-0.05, 0) is 42.0 Å². The van der Waals surface area contributed by atoms with E-state index in [9.17, 15) is 4.79 Å². The second kappa shape index (κ2) is 7.39. The fourth-order valence-corrected chi connectivity index (χ4v) is 2.73. The molecule has 0 aliphatic carbocycles. The summed E-state index contributed by atoms with van der Waals surface area (Å²) < 4.78 is 1.64. The van der Waals surface area contributed by atoms with Crippen molar-refractivity contribution >= 4 is 34.9 Å². The van der Waals surface area contributed by atoms with E-state index in [-0.39, 0.29) is 5.91 Å². The smallest absolute Gasteiger partial charge is 0.256 e. The van der Waals surface area contributed by atoms with Crippen molar-refractivity contribution in [1.29, 1.82) is 5.26 Å².